The molecule has 0 fully saturated rings. The van der Waals surface area contributed by atoms with Crippen LogP contribution in [0.15, 0.2) is 46.9 Å². The van der Waals surface area contributed by atoms with Crippen molar-refractivity contribution in [2.45, 2.75) is 6.92 Å². The number of aryl methyl sites for hydroxylation is 1. The molecule has 0 aliphatic rings. The normalized spacial score (nSPS) is 11.0. The highest BCUT2D eigenvalue weighted by molar-refractivity contribution is 9.10. The quantitative estimate of drug-likeness (QED) is 0.769. The van der Waals surface area contributed by atoms with Crippen molar-refractivity contribution in [3.63, 3.8) is 0 Å². The number of anilines is 2. The first kappa shape index (κ1) is 19.3. The molecular formula is C17H19BrN2O4S. The van der Waals surface area contributed by atoms with Crippen LogP contribution in [-0.4, -0.2) is 34.2 Å². The first-order valence-electron chi connectivity index (χ1n) is 7.39. The molecule has 0 spiro atoms. The maximum atomic E-state index is 12.4. The summed E-state index contributed by atoms with van der Waals surface area (Å²) in [7, 11) is -2.14. The maximum Gasteiger partial charge on any atom is 0.245 e. The average Bonchev–Trinajstić information content (AvgIpc) is 2.53. The van der Waals surface area contributed by atoms with Crippen LogP contribution in [0.1, 0.15) is 5.56 Å². The van der Waals surface area contributed by atoms with E-state index in [1.807, 2.05) is 13.0 Å². The van der Waals surface area contributed by atoms with E-state index in [4.69, 9.17) is 4.74 Å². The summed E-state index contributed by atoms with van der Waals surface area (Å²) >= 11 is 3.32. The minimum atomic E-state index is -3.64. The largest absolute Gasteiger partial charge is 0.495 e. The smallest absolute Gasteiger partial charge is 0.245 e. The van der Waals surface area contributed by atoms with Gasteiger partial charge in [0.25, 0.3) is 0 Å². The van der Waals surface area contributed by atoms with Gasteiger partial charge in [0.15, 0.2) is 0 Å². The van der Waals surface area contributed by atoms with Gasteiger partial charge in [0.1, 0.15) is 12.3 Å². The number of nitrogens with one attached hydrogen (secondary N) is 1. The van der Waals surface area contributed by atoms with E-state index in [1.165, 1.54) is 7.11 Å². The molecule has 25 heavy (non-hydrogen) atoms. The fraction of sp³-hybridized carbons (Fsp3) is 0.235. The third-order valence-electron chi connectivity index (χ3n) is 3.44. The number of hydrogen-bond donors (Lipinski definition) is 1. The van der Waals surface area contributed by atoms with Gasteiger partial charge >= 0.3 is 0 Å². The van der Waals surface area contributed by atoms with Gasteiger partial charge < -0.3 is 10.1 Å². The fourth-order valence-corrected chi connectivity index (χ4v) is 3.76. The molecule has 0 aliphatic carbocycles. The van der Waals surface area contributed by atoms with Gasteiger partial charge in [-0.2, -0.15) is 0 Å². The Hall–Kier alpha value is -2.06. The lowest BCUT2D eigenvalue weighted by atomic mass is 10.2. The van der Waals surface area contributed by atoms with Gasteiger partial charge in [0.05, 0.1) is 24.7 Å². The Bertz CT molecular complexity index is 884. The van der Waals surface area contributed by atoms with E-state index >= 15 is 0 Å². The summed E-state index contributed by atoms with van der Waals surface area (Å²) in [6.45, 7) is 1.54. The van der Waals surface area contributed by atoms with E-state index in [9.17, 15) is 13.2 Å². The third kappa shape index (κ3) is 4.96. The Morgan fingerprint density at radius 3 is 2.52 bits per heavy atom. The van der Waals surface area contributed by atoms with Gasteiger partial charge in [-0.1, -0.05) is 18.2 Å². The van der Waals surface area contributed by atoms with E-state index < -0.39 is 15.9 Å². The van der Waals surface area contributed by atoms with Crippen molar-refractivity contribution in [1.82, 2.24) is 0 Å². The zero-order valence-electron chi connectivity index (χ0n) is 14.1. The summed E-state index contributed by atoms with van der Waals surface area (Å²) in [6, 6.07) is 12.2. The maximum absolute atomic E-state index is 12.4. The monoisotopic (exact) mass is 426 g/mol. The highest BCUT2D eigenvalue weighted by Gasteiger charge is 2.23. The molecule has 0 saturated carbocycles. The van der Waals surface area contributed by atoms with E-state index in [0.29, 0.717) is 21.6 Å². The molecule has 8 heteroatoms. The number of nitrogens with zero attached hydrogens (tertiary/aromatic N) is 1. The van der Waals surface area contributed by atoms with Crippen molar-refractivity contribution >= 4 is 43.2 Å². The second-order valence-electron chi connectivity index (χ2n) is 5.47. The number of carbonyl (C=O) groups is 1. The molecule has 0 unspecified atom stereocenters. The third-order valence-corrected chi connectivity index (χ3v) is 5.23. The van der Waals surface area contributed by atoms with Crippen molar-refractivity contribution in [2.24, 2.45) is 0 Å². The minimum Gasteiger partial charge on any atom is -0.495 e. The van der Waals surface area contributed by atoms with Crippen LogP contribution < -0.4 is 14.4 Å². The number of hydrogen-bond acceptors (Lipinski definition) is 4. The molecule has 0 aliphatic heterocycles. The van der Waals surface area contributed by atoms with Crippen LogP contribution in [0.5, 0.6) is 5.75 Å². The molecule has 134 valence electrons. The second-order valence-corrected chi connectivity index (χ2v) is 8.23. The summed E-state index contributed by atoms with van der Waals surface area (Å²) in [5.74, 6) is 0.0378. The number of amides is 1. The summed E-state index contributed by atoms with van der Waals surface area (Å²) in [5, 5.41) is 2.71. The number of rotatable bonds is 6. The summed E-state index contributed by atoms with van der Waals surface area (Å²) < 4.78 is 31.2. The van der Waals surface area contributed by atoms with Crippen molar-refractivity contribution < 1.29 is 17.9 Å². The number of benzene rings is 2. The van der Waals surface area contributed by atoms with Crippen molar-refractivity contribution in [1.29, 1.82) is 0 Å². The van der Waals surface area contributed by atoms with Crippen LogP contribution in [0, 0.1) is 6.92 Å². The predicted molar refractivity (Wildman–Crippen MR) is 103 cm³/mol. The minimum absolute atomic E-state index is 0.349. The van der Waals surface area contributed by atoms with E-state index in [1.54, 1.807) is 36.4 Å². The van der Waals surface area contributed by atoms with Crippen LogP contribution in [-0.2, 0) is 14.8 Å². The SMILES string of the molecule is COc1ccc(C)cc1NC(=O)CN(c1ccccc1Br)S(C)(=O)=O. The first-order valence-corrected chi connectivity index (χ1v) is 10.0. The van der Waals surface area contributed by atoms with Gasteiger partial charge in [-0.25, -0.2) is 8.42 Å². The molecule has 0 heterocycles. The van der Waals surface area contributed by atoms with Gasteiger partial charge in [-0.3, -0.25) is 9.10 Å². The summed E-state index contributed by atoms with van der Waals surface area (Å²) in [6.07, 6.45) is 1.06. The van der Waals surface area contributed by atoms with Crippen LogP contribution in [0.25, 0.3) is 0 Å². The molecule has 2 rings (SSSR count). The molecule has 0 saturated heterocycles. The second kappa shape index (κ2) is 7.88. The first-order chi connectivity index (χ1) is 11.7. The molecule has 1 N–H and O–H groups in total. The van der Waals surface area contributed by atoms with Gasteiger partial charge in [-0.15, -0.1) is 0 Å². The van der Waals surface area contributed by atoms with E-state index in [2.05, 4.69) is 21.2 Å². The number of halogens is 1. The molecule has 6 nitrogen and oxygen atoms in total. The molecule has 0 bridgehead atoms. The number of sulfonamides is 1. The summed E-state index contributed by atoms with van der Waals surface area (Å²) in [4.78, 5) is 12.4. The number of carbonyl (C=O) groups excluding carboxylic acids is 1. The zero-order chi connectivity index (χ0) is 18.6. The van der Waals surface area contributed by atoms with E-state index in [0.717, 1.165) is 16.1 Å². The Morgan fingerprint density at radius 2 is 1.92 bits per heavy atom. The lowest BCUT2D eigenvalue weighted by molar-refractivity contribution is -0.114. The molecule has 0 radical (unpaired) electrons. The highest BCUT2D eigenvalue weighted by atomic mass is 79.9. The van der Waals surface area contributed by atoms with Crippen LogP contribution in [0.2, 0.25) is 0 Å². The molecule has 2 aromatic carbocycles. The number of ether oxygens (including phenoxy) is 1. The Labute approximate surface area is 156 Å². The van der Waals surface area contributed by atoms with Gasteiger partial charge in [-0.05, 0) is 52.7 Å². The van der Waals surface area contributed by atoms with Crippen molar-refractivity contribution in [3.8, 4) is 5.75 Å². The number of para-hydroxylation sites is 1. The summed E-state index contributed by atoms with van der Waals surface area (Å²) in [5.41, 5.74) is 1.84. The van der Waals surface area contributed by atoms with Crippen molar-refractivity contribution in [3.05, 3.63) is 52.5 Å². The molecule has 0 atom stereocenters. The lowest BCUT2D eigenvalue weighted by Gasteiger charge is -2.23. The fourth-order valence-electron chi connectivity index (χ4n) is 2.27. The standard InChI is InChI=1S/C17H19BrN2O4S/c1-12-8-9-16(24-2)14(10-12)19-17(21)11-20(25(3,22)23)15-7-5-4-6-13(15)18/h4-10H,11H2,1-3H3,(H,19,21). The molecular weight excluding hydrogens is 408 g/mol. The van der Waals surface area contributed by atoms with Crippen molar-refractivity contribution in [2.75, 3.05) is 29.5 Å². The Morgan fingerprint density at radius 1 is 1.24 bits per heavy atom. The average molecular weight is 427 g/mol. The number of methoxy groups -OCH3 is 1. The van der Waals surface area contributed by atoms with Gasteiger partial charge in [0.2, 0.25) is 15.9 Å². The van der Waals surface area contributed by atoms with Crippen LogP contribution in [0.3, 0.4) is 0 Å². The lowest BCUT2D eigenvalue weighted by Crippen LogP contribution is -2.37. The Kier molecular flexibility index (Phi) is 6.07. The molecule has 0 aromatic heterocycles. The zero-order valence-corrected chi connectivity index (χ0v) is 16.5. The van der Waals surface area contributed by atoms with E-state index in [-0.39, 0.29) is 6.54 Å². The molecule has 2 aromatic rings. The highest BCUT2D eigenvalue weighted by Crippen LogP contribution is 2.28. The predicted octanol–water partition coefficient (Wildman–Crippen LogP) is 3.17. The Balaban J connectivity index is 2.27. The topological polar surface area (TPSA) is 75.7 Å². The molecule has 1 amide bonds. The van der Waals surface area contributed by atoms with Gasteiger partial charge in [0, 0.05) is 4.47 Å². The van der Waals surface area contributed by atoms with Crippen LogP contribution in [0.4, 0.5) is 11.4 Å². The van der Waals surface area contributed by atoms with Crippen LogP contribution >= 0.6 is 15.9 Å².